The highest BCUT2D eigenvalue weighted by Crippen LogP contribution is 2.42. The van der Waals surface area contributed by atoms with Crippen LogP contribution in [0.25, 0.3) is 32.9 Å². The molecule has 6 heterocycles. The molecule has 0 spiro atoms. The first-order valence-electron chi connectivity index (χ1n) is 15.3. The van der Waals surface area contributed by atoms with Crippen molar-refractivity contribution < 1.29 is 22.3 Å². The minimum absolute atomic E-state index is 0.0160. The number of terminal acetylenes is 1. The van der Waals surface area contributed by atoms with E-state index in [1.165, 1.54) is 24.3 Å². The summed E-state index contributed by atoms with van der Waals surface area (Å²) < 4.78 is 68.4. The summed E-state index contributed by atoms with van der Waals surface area (Å²) in [6.07, 6.45) is 8.73. The van der Waals surface area contributed by atoms with Crippen molar-refractivity contribution in [3.63, 3.8) is 0 Å². The molecule has 0 radical (unpaired) electrons. The Morgan fingerprint density at radius 1 is 1.07 bits per heavy atom. The van der Waals surface area contributed by atoms with E-state index in [2.05, 4.69) is 26.1 Å². The van der Waals surface area contributed by atoms with Gasteiger partial charge < -0.3 is 20.7 Å². The zero-order chi connectivity index (χ0) is 31.0. The third-order valence-electron chi connectivity index (χ3n) is 9.94. The average Bonchev–Trinajstić information content (AvgIpc) is 3.66. The Morgan fingerprint density at radius 3 is 2.64 bits per heavy atom. The Labute approximate surface area is 257 Å². The minimum Gasteiger partial charge on any atom is -0.461 e. The van der Waals surface area contributed by atoms with Gasteiger partial charge in [0, 0.05) is 48.9 Å². The van der Waals surface area contributed by atoms with Gasteiger partial charge in [0.15, 0.2) is 5.82 Å². The summed E-state index contributed by atoms with van der Waals surface area (Å²) in [5, 5.41) is 4.18. The van der Waals surface area contributed by atoms with Crippen LogP contribution < -0.4 is 20.7 Å². The quantitative estimate of drug-likeness (QED) is 0.246. The lowest BCUT2D eigenvalue weighted by Crippen LogP contribution is -2.51. The summed E-state index contributed by atoms with van der Waals surface area (Å²) in [5.41, 5.74) is 4.45. The summed E-state index contributed by atoms with van der Waals surface area (Å²) in [6, 6.07) is 5.63. The highest BCUT2D eigenvalue weighted by atomic mass is 19.1. The summed E-state index contributed by atoms with van der Waals surface area (Å²) in [5.74, 6) is -0.0533. The summed E-state index contributed by atoms with van der Waals surface area (Å²) >= 11 is 0. The van der Waals surface area contributed by atoms with Gasteiger partial charge in [-0.1, -0.05) is 12.0 Å². The van der Waals surface area contributed by atoms with E-state index in [1.807, 2.05) is 4.90 Å². The van der Waals surface area contributed by atoms with E-state index in [0.29, 0.717) is 37.3 Å². The van der Waals surface area contributed by atoms with Gasteiger partial charge in [-0.05, 0) is 55.8 Å². The van der Waals surface area contributed by atoms with Crippen molar-refractivity contribution in [2.24, 2.45) is 0 Å². The highest BCUT2D eigenvalue weighted by Gasteiger charge is 2.49. The van der Waals surface area contributed by atoms with Gasteiger partial charge in [-0.25, -0.2) is 22.5 Å². The van der Waals surface area contributed by atoms with Crippen LogP contribution in [0.2, 0.25) is 0 Å². The van der Waals surface area contributed by atoms with Crippen LogP contribution >= 0.6 is 0 Å². The van der Waals surface area contributed by atoms with Crippen LogP contribution in [0.5, 0.6) is 6.01 Å². The second-order valence-electron chi connectivity index (χ2n) is 12.7. The standard InChI is InChI=1S/C33H31F4N7O/c1-2-21-23(35)7-4-17-10-25(38)40-30(26(17)21)27-24(36)11-22-29(28(27)37)41-32(42-31(22)43-14-19-5-6-20(15-43)39-19)45-16-33-8-3-9-44(33)13-18(34)12-33/h1,4,7,10-11,18-20,39H,3,5-6,8-9,12-16H2,(H2,38,40)/t18-,19?,20?,33?/m1/s1. The number of hydrogen-bond acceptors (Lipinski definition) is 8. The molecule has 0 aliphatic carbocycles. The first kappa shape index (κ1) is 28.3. The Morgan fingerprint density at radius 2 is 1.87 bits per heavy atom. The van der Waals surface area contributed by atoms with Crippen molar-refractivity contribution in [2.75, 3.05) is 43.4 Å². The van der Waals surface area contributed by atoms with Gasteiger partial charge in [-0.2, -0.15) is 9.97 Å². The molecule has 45 heavy (non-hydrogen) atoms. The van der Waals surface area contributed by atoms with E-state index in [9.17, 15) is 8.78 Å². The molecule has 4 aliphatic heterocycles. The summed E-state index contributed by atoms with van der Waals surface area (Å²) in [4.78, 5) is 17.5. The van der Waals surface area contributed by atoms with Crippen LogP contribution in [-0.4, -0.2) is 76.4 Å². The number of nitrogen functional groups attached to an aromatic ring is 1. The number of nitrogens with one attached hydrogen (secondary N) is 1. The van der Waals surface area contributed by atoms with Gasteiger partial charge in [-0.15, -0.1) is 6.42 Å². The average molecular weight is 618 g/mol. The fourth-order valence-electron chi connectivity index (χ4n) is 7.97. The monoisotopic (exact) mass is 617 g/mol. The van der Waals surface area contributed by atoms with E-state index in [1.54, 1.807) is 0 Å². The normalized spacial score (nSPS) is 26.1. The van der Waals surface area contributed by atoms with Crippen molar-refractivity contribution in [3.8, 4) is 29.6 Å². The second-order valence-corrected chi connectivity index (χ2v) is 12.7. The molecular weight excluding hydrogens is 586 g/mol. The van der Waals surface area contributed by atoms with E-state index in [-0.39, 0.29) is 58.1 Å². The van der Waals surface area contributed by atoms with Crippen molar-refractivity contribution in [1.82, 2.24) is 25.2 Å². The number of hydrogen-bond donors (Lipinski definition) is 2. The molecule has 8 rings (SSSR count). The van der Waals surface area contributed by atoms with Crippen LogP contribution in [0.15, 0.2) is 24.3 Å². The number of rotatable bonds is 5. The Bertz CT molecular complexity index is 1900. The zero-order valence-corrected chi connectivity index (χ0v) is 24.4. The van der Waals surface area contributed by atoms with Crippen LogP contribution in [0.1, 0.15) is 37.7 Å². The largest absolute Gasteiger partial charge is 0.461 e. The molecule has 0 saturated carbocycles. The molecule has 3 N–H and O–H groups in total. The fraction of sp³-hybridized carbons (Fsp3) is 0.424. The van der Waals surface area contributed by atoms with Crippen molar-refractivity contribution in [3.05, 3.63) is 47.3 Å². The van der Waals surface area contributed by atoms with Crippen molar-refractivity contribution in [2.45, 2.75) is 55.9 Å². The number of fused-ring (bicyclic) bond motifs is 5. The lowest BCUT2D eigenvalue weighted by atomic mass is 9.95. The molecule has 4 aliphatic rings. The smallest absolute Gasteiger partial charge is 0.319 e. The second kappa shape index (κ2) is 10.4. The molecule has 4 aromatic rings. The number of pyridine rings is 1. The number of alkyl halides is 1. The summed E-state index contributed by atoms with van der Waals surface area (Å²) in [7, 11) is 0. The van der Waals surface area contributed by atoms with Gasteiger partial charge in [0.25, 0.3) is 0 Å². The highest BCUT2D eigenvalue weighted by molar-refractivity contribution is 6.03. The first-order chi connectivity index (χ1) is 21.7. The number of anilines is 2. The Hall–Kier alpha value is -4.21. The molecule has 12 heteroatoms. The lowest BCUT2D eigenvalue weighted by molar-refractivity contribution is 0.107. The number of piperazine rings is 1. The SMILES string of the molecule is C#Cc1c(F)ccc2cc(N)nc(-c3c(F)cc4c(N5CC6CCC(C5)N6)nc(OCC56CCCN5C[C@H](F)C6)nc4c3F)c12. The van der Waals surface area contributed by atoms with Crippen LogP contribution in [0.4, 0.5) is 29.2 Å². The maximum absolute atomic E-state index is 16.8. The number of halogens is 4. The molecule has 4 atom stereocenters. The molecular formula is C33H31F4N7O. The number of ether oxygens (including phenoxy) is 1. The number of benzene rings is 2. The third kappa shape index (κ3) is 4.55. The maximum Gasteiger partial charge on any atom is 0.319 e. The molecule has 2 aromatic carbocycles. The maximum atomic E-state index is 16.8. The molecule has 8 nitrogen and oxygen atoms in total. The van der Waals surface area contributed by atoms with E-state index in [0.717, 1.165) is 32.2 Å². The van der Waals surface area contributed by atoms with Gasteiger partial charge in [0.2, 0.25) is 0 Å². The van der Waals surface area contributed by atoms with Crippen LogP contribution in [0.3, 0.4) is 0 Å². The minimum atomic E-state index is -1.02. The molecule has 4 fully saturated rings. The molecule has 2 aromatic heterocycles. The molecule has 2 bridgehead atoms. The Balaban J connectivity index is 1.30. The van der Waals surface area contributed by atoms with Crippen LogP contribution in [-0.2, 0) is 0 Å². The molecule has 232 valence electrons. The molecule has 4 saturated heterocycles. The van der Waals surface area contributed by atoms with Gasteiger partial charge in [0.05, 0.1) is 22.4 Å². The Kier molecular flexibility index (Phi) is 6.55. The van der Waals surface area contributed by atoms with Crippen molar-refractivity contribution in [1.29, 1.82) is 0 Å². The van der Waals surface area contributed by atoms with Crippen LogP contribution in [0, 0.1) is 29.8 Å². The fourth-order valence-corrected chi connectivity index (χ4v) is 7.97. The summed E-state index contributed by atoms with van der Waals surface area (Å²) in [6.45, 7) is 2.49. The van der Waals surface area contributed by atoms with E-state index >= 15 is 8.78 Å². The molecule has 3 unspecified atom stereocenters. The molecule has 0 amide bonds. The van der Waals surface area contributed by atoms with Gasteiger partial charge >= 0.3 is 6.01 Å². The predicted octanol–water partition coefficient (Wildman–Crippen LogP) is 4.72. The van der Waals surface area contributed by atoms with E-state index < -0.39 is 34.7 Å². The number of nitrogens with zero attached hydrogens (tertiary/aromatic N) is 5. The first-order valence-corrected chi connectivity index (χ1v) is 15.3. The zero-order valence-electron chi connectivity index (χ0n) is 24.4. The van der Waals surface area contributed by atoms with Gasteiger partial charge in [-0.3, -0.25) is 4.90 Å². The van der Waals surface area contributed by atoms with E-state index in [4.69, 9.17) is 21.9 Å². The van der Waals surface area contributed by atoms with Gasteiger partial charge in [0.1, 0.15) is 41.6 Å². The number of aromatic nitrogens is 3. The number of nitrogens with two attached hydrogens (primary N) is 1. The lowest BCUT2D eigenvalue weighted by Gasteiger charge is -2.34. The third-order valence-corrected chi connectivity index (χ3v) is 9.94. The van der Waals surface area contributed by atoms with Crippen molar-refractivity contribution >= 4 is 33.3 Å². The predicted molar refractivity (Wildman–Crippen MR) is 163 cm³/mol. The topological polar surface area (TPSA) is 92.4 Å².